The Balaban J connectivity index is 1.53. The third-order valence-electron chi connectivity index (χ3n) is 5.72. The molecular weight excluding hydrogens is 497 g/mol. The van der Waals surface area contributed by atoms with Crippen LogP contribution in [0.1, 0.15) is 34.3 Å². The highest BCUT2D eigenvalue weighted by Gasteiger charge is 2.24. The molecule has 0 aromatic heterocycles. The van der Waals surface area contributed by atoms with Crippen LogP contribution in [-0.4, -0.2) is 35.2 Å². The molecule has 188 valence electrons. The second-order valence-corrected chi connectivity index (χ2v) is 9.19. The van der Waals surface area contributed by atoms with E-state index in [4.69, 9.17) is 15.6 Å². The van der Waals surface area contributed by atoms with Crippen LogP contribution in [0.25, 0.3) is 17.2 Å². The van der Waals surface area contributed by atoms with Gasteiger partial charge in [-0.05, 0) is 71.8 Å². The number of amides is 1. The third-order valence-corrected chi connectivity index (χ3v) is 6.63. The summed E-state index contributed by atoms with van der Waals surface area (Å²) in [6, 6.07) is 15.9. The summed E-state index contributed by atoms with van der Waals surface area (Å²) >= 11 is 1.07. The highest BCUT2D eigenvalue weighted by atomic mass is 32.2. The smallest absolute Gasteiger partial charge is 0.339 e. The number of carboxylic acid groups (broad SMARTS) is 1. The number of esters is 1. The molecule has 0 saturated carbocycles. The standard InChI is InChI=1S/C27H22FN3O5S/c1-14(25(33)34)15-5-8-19(9-6-15)30-27-31-24(32)23(37-27)13-18-4-3-17(12-21(18)28)16-7-10-22(29)20(11-16)26(35)36-2/h3-14H,29H2,1-2H3,(H,33,34)(H,30,31,32). The fraction of sp³-hybridized carbons (Fsp3) is 0.111. The number of carboxylic acids is 1. The van der Waals surface area contributed by atoms with E-state index in [2.05, 4.69) is 10.3 Å². The van der Waals surface area contributed by atoms with Crippen molar-refractivity contribution in [2.75, 3.05) is 12.8 Å². The van der Waals surface area contributed by atoms with Crippen LogP contribution in [0.3, 0.4) is 0 Å². The number of methoxy groups -OCH3 is 1. The predicted octanol–water partition coefficient (Wildman–Crippen LogP) is 4.94. The van der Waals surface area contributed by atoms with Gasteiger partial charge in [-0.2, -0.15) is 0 Å². The first-order valence-electron chi connectivity index (χ1n) is 11.1. The molecule has 0 radical (unpaired) electrons. The van der Waals surface area contributed by atoms with Gasteiger partial charge in [0, 0.05) is 11.3 Å². The van der Waals surface area contributed by atoms with Crippen molar-refractivity contribution in [1.82, 2.24) is 5.32 Å². The molecule has 1 aliphatic rings. The van der Waals surface area contributed by atoms with Crippen LogP contribution in [0.15, 0.2) is 70.6 Å². The predicted molar refractivity (Wildman–Crippen MR) is 141 cm³/mol. The number of halogens is 1. The Morgan fingerprint density at radius 2 is 1.78 bits per heavy atom. The number of nitrogen functional groups attached to an aromatic ring is 1. The zero-order valence-corrected chi connectivity index (χ0v) is 20.6. The summed E-state index contributed by atoms with van der Waals surface area (Å²) in [5, 5.41) is 12.1. The SMILES string of the molecule is COC(=O)c1cc(-c2ccc(C=C3SC(=Nc4ccc(C(C)C(=O)O)cc4)NC3=O)c(F)c2)ccc1N. The Kier molecular flexibility index (Phi) is 7.40. The van der Waals surface area contributed by atoms with Gasteiger partial charge >= 0.3 is 11.9 Å². The minimum Gasteiger partial charge on any atom is -0.481 e. The molecule has 10 heteroatoms. The number of benzene rings is 3. The van der Waals surface area contributed by atoms with E-state index in [9.17, 15) is 18.8 Å². The van der Waals surface area contributed by atoms with Gasteiger partial charge in [0.2, 0.25) is 0 Å². The number of thioether (sulfide) groups is 1. The van der Waals surface area contributed by atoms with Gasteiger partial charge in [-0.1, -0.05) is 30.3 Å². The molecule has 0 spiro atoms. The lowest BCUT2D eigenvalue weighted by molar-refractivity contribution is -0.138. The number of carbonyl (C=O) groups is 3. The van der Waals surface area contributed by atoms with E-state index in [1.54, 1.807) is 49.4 Å². The lowest BCUT2D eigenvalue weighted by atomic mass is 10.00. The maximum atomic E-state index is 15.0. The molecule has 1 heterocycles. The van der Waals surface area contributed by atoms with Crippen molar-refractivity contribution in [2.45, 2.75) is 12.8 Å². The largest absolute Gasteiger partial charge is 0.481 e. The maximum Gasteiger partial charge on any atom is 0.339 e. The summed E-state index contributed by atoms with van der Waals surface area (Å²) in [6.45, 7) is 1.59. The number of hydrogen-bond acceptors (Lipinski definition) is 7. The van der Waals surface area contributed by atoms with E-state index in [0.717, 1.165) is 11.8 Å². The molecule has 1 saturated heterocycles. The molecule has 1 aliphatic heterocycles. The number of nitrogens with one attached hydrogen (secondary N) is 1. The Hall–Kier alpha value is -4.44. The number of nitrogens with zero attached hydrogens (tertiary/aromatic N) is 1. The highest BCUT2D eigenvalue weighted by molar-refractivity contribution is 8.18. The van der Waals surface area contributed by atoms with Crippen molar-refractivity contribution in [3.8, 4) is 11.1 Å². The normalized spacial score (nSPS) is 16.0. The van der Waals surface area contributed by atoms with Gasteiger partial charge in [0.05, 0.1) is 29.2 Å². The molecule has 37 heavy (non-hydrogen) atoms. The zero-order valence-electron chi connectivity index (χ0n) is 19.8. The van der Waals surface area contributed by atoms with E-state index in [0.29, 0.717) is 27.5 Å². The van der Waals surface area contributed by atoms with Crippen molar-refractivity contribution in [3.63, 3.8) is 0 Å². The van der Waals surface area contributed by atoms with Crippen LogP contribution in [-0.2, 0) is 14.3 Å². The number of nitrogens with two attached hydrogens (primary N) is 1. The van der Waals surface area contributed by atoms with Crippen LogP contribution < -0.4 is 11.1 Å². The van der Waals surface area contributed by atoms with Gasteiger partial charge in [-0.15, -0.1) is 0 Å². The summed E-state index contributed by atoms with van der Waals surface area (Å²) in [6.07, 6.45) is 1.43. The summed E-state index contributed by atoms with van der Waals surface area (Å²) in [4.78, 5) is 40.1. The minimum absolute atomic E-state index is 0.184. The van der Waals surface area contributed by atoms with Gasteiger partial charge in [0.25, 0.3) is 5.91 Å². The van der Waals surface area contributed by atoms with Crippen LogP contribution in [0, 0.1) is 5.82 Å². The van der Waals surface area contributed by atoms with Crippen LogP contribution >= 0.6 is 11.8 Å². The van der Waals surface area contributed by atoms with Crippen molar-refractivity contribution in [2.24, 2.45) is 4.99 Å². The Labute approximate surface area is 216 Å². The molecule has 8 nitrogen and oxygen atoms in total. The molecule has 0 bridgehead atoms. The lowest BCUT2D eigenvalue weighted by Crippen LogP contribution is -2.19. The molecule has 3 aromatic carbocycles. The van der Waals surface area contributed by atoms with E-state index in [1.165, 1.54) is 31.4 Å². The zero-order chi connectivity index (χ0) is 26.7. The molecule has 0 aliphatic carbocycles. The Bertz CT molecular complexity index is 1470. The molecule has 1 atom stereocenters. The highest BCUT2D eigenvalue weighted by Crippen LogP contribution is 2.31. The molecule has 1 amide bonds. The summed E-state index contributed by atoms with van der Waals surface area (Å²) in [5.74, 6) is -3.12. The molecule has 4 N–H and O–H groups in total. The molecule has 4 rings (SSSR count). The average Bonchev–Trinajstić information content (AvgIpc) is 3.23. The summed E-state index contributed by atoms with van der Waals surface area (Å²) in [5.41, 5.74) is 8.77. The Morgan fingerprint density at radius 1 is 1.11 bits per heavy atom. The average molecular weight is 520 g/mol. The van der Waals surface area contributed by atoms with Crippen molar-refractivity contribution >= 4 is 52.2 Å². The monoisotopic (exact) mass is 519 g/mol. The molecular formula is C27H22FN3O5S. The van der Waals surface area contributed by atoms with Crippen molar-refractivity contribution < 1.29 is 28.6 Å². The molecule has 1 fully saturated rings. The van der Waals surface area contributed by atoms with E-state index >= 15 is 0 Å². The topological polar surface area (TPSA) is 131 Å². The van der Waals surface area contributed by atoms with Crippen molar-refractivity contribution in [1.29, 1.82) is 0 Å². The quantitative estimate of drug-likeness (QED) is 0.239. The first-order valence-corrected chi connectivity index (χ1v) is 11.9. The summed E-state index contributed by atoms with van der Waals surface area (Å²) in [7, 11) is 1.25. The van der Waals surface area contributed by atoms with Crippen LogP contribution in [0.4, 0.5) is 15.8 Å². The van der Waals surface area contributed by atoms with Crippen LogP contribution in [0.5, 0.6) is 0 Å². The van der Waals surface area contributed by atoms with Gasteiger partial charge in [0.1, 0.15) is 5.82 Å². The van der Waals surface area contributed by atoms with E-state index in [-0.39, 0.29) is 21.7 Å². The van der Waals surface area contributed by atoms with E-state index < -0.39 is 29.6 Å². The maximum absolute atomic E-state index is 15.0. The van der Waals surface area contributed by atoms with Gasteiger partial charge < -0.3 is 20.9 Å². The Morgan fingerprint density at radius 3 is 2.43 bits per heavy atom. The van der Waals surface area contributed by atoms with Gasteiger partial charge in [-0.3, -0.25) is 9.59 Å². The summed E-state index contributed by atoms with van der Waals surface area (Å²) < 4.78 is 19.7. The third kappa shape index (κ3) is 5.70. The second-order valence-electron chi connectivity index (χ2n) is 8.16. The number of carbonyl (C=O) groups excluding carboxylic acids is 2. The minimum atomic E-state index is -0.924. The van der Waals surface area contributed by atoms with Gasteiger partial charge in [0.15, 0.2) is 5.17 Å². The number of rotatable bonds is 6. The van der Waals surface area contributed by atoms with Crippen LogP contribution in [0.2, 0.25) is 0 Å². The first kappa shape index (κ1) is 25.6. The number of ether oxygens (including phenoxy) is 1. The van der Waals surface area contributed by atoms with Crippen molar-refractivity contribution in [3.05, 3.63) is 88.1 Å². The number of amidine groups is 1. The molecule has 1 unspecified atom stereocenters. The number of aliphatic carboxylic acids is 1. The number of anilines is 1. The fourth-order valence-electron chi connectivity index (χ4n) is 3.57. The molecule has 3 aromatic rings. The first-order chi connectivity index (χ1) is 17.7. The number of hydrogen-bond donors (Lipinski definition) is 3. The van der Waals surface area contributed by atoms with E-state index in [1.807, 2.05) is 0 Å². The van der Waals surface area contributed by atoms with Gasteiger partial charge in [-0.25, -0.2) is 14.2 Å². The lowest BCUT2D eigenvalue weighted by Gasteiger charge is -2.08. The fourth-order valence-corrected chi connectivity index (χ4v) is 4.40. The second kappa shape index (κ2) is 10.7. The number of aliphatic imine (C=N–C) groups is 1.